The van der Waals surface area contributed by atoms with Crippen molar-refractivity contribution in [3.8, 4) is 22.7 Å². The number of hydrogen-bond acceptors (Lipinski definition) is 6. The summed E-state index contributed by atoms with van der Waals surface area (Å²) in [5.74, 6) is 1.32. The largest absolute Gasteiger partial charge is 0.494 e. The molecule has 8 nitrogen and oxygen atoms in total. The number of anilines is 2. The average molecular weight is 533 g/mol. The van der Waals surface area contributed by atoms with E-state index in [0.29, 0.717) is 34.8 Å². The van der Waals surface area contributed by atoms with Crippen LogP contribution in [0.1, 0.15) is 38.5 Å². The lowest BCUT2D eigenvalue weighted by molar-refractivity contribution is 0.0819. The van der Waals surface area contributed by atoms with E-state index in [2.05, 4.69) is 21.1 Å². The Bertz CT molecular complexity index is 1330. The number of ether oxygens (including phenoxy) is 2. The minimum Gasteiger partial charge on any atom is -0.494 e. The van der Waals surface area contributed by atoms with Crippen molar-refractivity contribution < 1.29 is 13.9 Å². The molecule has 1 saturated heterocycles. The average Bonchev–Trinajstić information content (AvgIpc) is 3.40. The maximum Gasteiger partial charge on any atom is 0.222 e. The monoisotopic (exact) mass is 532 g/mol. The number of nitrogens with two attached hydrogens (primary N) is 1. The van der Waals surface area contributed by atoms with Gasteiger partial charge in [0.15, 0.2) is 0 Å². The Balaban J connectivity index is 1.47. The van der Waals surface area contributed by atoms with Gasteiger partial charge < -0.3 is 25.4 Å². The van der Waals surface area contributed by atoms with Gasteiger partial charge in [0, 0.05) is 56.2 Å². The highest BCUT2D eigenvalue weighted by atomic mass is 19.1. The van der Waals surface area contributed by atoms with Crippen LogP contribution in [0.25, 0.3) is 21.8 Å². The van der Waals surface area contributed by atoms with Crippen molar-refractivity contribution in [2.45, 2.75) is 50.7 Å². The molecule has 1 aromatic heterocycles. The molecule has 1 saturated carbocycles. The van der Waals surface area contributed by atoms with Crippen LogP contribution in [-0.4, -0.2) is 55.8 Å². The van der Waals surface area contributed by atoms with Crippen molar-refractivity contribution in [3.63, 3.8) is 0 Å². The summed E-state index contributed by atoms with van der Waals surface area (Å²) in [5, 5.41) is 8.38. The Morgan fingerprint density at radius 3 is 2.62 bits per heavy atom. The topological polar surface area (TPSA) is 81.9 Å². The van der Waals surface area contributed by atoms with Crippen LogP contribution >= 0.6 is 0 Å². The summed E-state index contributed by atoms with van der Waals surface area (Å²) in [6.07, 6.45) is 6.65. The van der Waals surface area contributed by atoms with Gasteiger partial charge in [0.25, 0.3) is 0 Å². The molecule has 3 N–H and O–H groups in total. The minimum absolute atomic E-state index is 0.00372. The van der Waals surface area contributed by atoms with E-state index < -0.39 is 5.82 Å². The second-order valence-electron chi connectivity index (χ2n) is 10.6. The molecule has 0 radical (unpaired) electrons. The molecule has 2 aliphatic rings. The van der Waals surface area contributed by atoms with E-state index in [1.54, 1.807) is 25.0 Å². The molecule has 0 unspecified atom stereocenters. The van der Waals surface area contributed by atoms with Crippen molar-refractivity contribution in [1.29, 1.82) is 0 Å². The van der Waals surface area contributed by atoms with E-state index >= 15 is 0 Å². The third-order valence-corrected chi connectivity index (χ3v) is 8.00. The Labute approximate surface area is 229 Å². The first kappa shape index (κ1) is 27.0. The van der Waals surface area contributed by atoms with Gasteiger partial charge in [-0.25, -0.2) is 13.9 Å². The van der Waals surface area contributed by atoms with Crippen molar-refractivity contribution in [1.82, 2.24) is 9.78 Å². The number of nitrogens with zero attached hydrogens (tertiary/aromatic N) is 4. The maximum atomic E-state index is 14.7. The molecule has 9 heteroatoms. The zero-order valence-corrected chi connectivity index (χ0v) is 22.7. The summed E-state index contributed by atoms with van der Waals surface area (Å²) >= 11 is 0. The van der Waals surface area contributed by atoms with E-state index in [1.165, 1.54) is 12.1 Å². The smallest absolute Gasteiger partial charge is 0.222 e. The number of hydrogen-bond donors (Lipinski definition) is 2. The molecule has 0 bridgehead atoms. The van der Waals surface area contributed by atoms with Gasteiger partial charge in [0.1, 0.15) is 23.1 Å². The van der Waals surface area contributed by atoms with E-state index in [1.807, 2.05) is 18.2 Å². The highest BCUT2D eigenvalue weighted by Crippen LogP contribution is 2.35. The standard InChI is InChI=1S/C30H37FN6O2/c1-33-26-9-7-21(16-25(26)31)28-18-30(34-19-20-5-4-6-22(32)15-20)35-37(28)27-10-8-23(17-29(27)39-3)36-13-11-24(38-2)12-14-36/h7-10,16-18,20,22,24H,4-6,11-15,19,32H2,2-3H3,(H,34,35)/t20-,22-/m0/s1. The third kappa shape index (κ3) is 6.02. The van der Waals surface area contributed by atoms with Gasteiger partial charge in [0.2, 0.25) is 5.69 Å². The van der Waals surface area contributed by atoms with Crippen LogP contribution in [0.15, 0.2) is 42.5 Å². The van der Waals surface area contributed by atoms with Crippen molar-refractivity contribution in [2.24, 2.45) is 11.7 Å². The van der Waals surface area contributed by atoms with Crippen LogP contribution in [0, 0.1) is 18.3 Å². The molecule has 0 amide bonds. The highest BCUT2D eigenvalue weighted by molar-refractivity contribution is 5.70. The first-order valence-corrected chi connectivity index (χ1v) is 13.7. The van der Waals surface area contributed by atoms with Gasteiger partial charge in [-0.15, -0.1) is 5.10 Å². The molecule has 2 aromatic carbocycles. The lowest BCUT2D eigenvalue weighted by atomic mass is 9.86. The first-order chi connectivity index (χ1) is 19.0. The van der Waals surface area contributed by atoms with Crippen LogP contribution in [-0.2, 0) is 4.74 Å². The molecule has 0 spiro atoms. The van der Waals surface area contributed by atoms with Gasteiger partial charge >= 0.3 is 0 Å². The number of nitrogens with one attached hydrogen (secondary N) is 1. The highest BCUT2D eigenvalue weighted by Gasteiger charge is 2.23. The lowest BCUT2D eigenvalue weighted by Crippen LogP contribution is -2.36. The second kappa shape index (κ2) is 12.1. The molecule has 39 heavy (non-hydrogen) atoms. The summed E-state index contributed by atoms with van der Waals surface area (Å²) in [7, 11) is 3.42. The number of aromatic nitrogens is 2. The zero-order chi connectivity index (χ0) is 27.4. The summed E-state index contributed by atoms with van der Waals surface area (Å²) in [5.41, 5.74) is 9.37. The zero-order valence-electron chi connectivity index (χ0n) is 22.7. The number of rotatable bonds is 8. The second-order valence-corrected chi connectivity index (χ2v) is 10.6. The Morgan fingerprint density at radius 2 is 1.92 bits per heavy atom. The van der Waals surface area contributed by atoms with Crippen molar-refractivity contribution >= 4 is 17.2 Å². The number of benzene rings is 2. The molecule has 5 rings (SSSR count). The summed E-state index contributed by atoms with van der Waals surface area (Å²) < 4.78 is 27.8. The molecular weight excluding hydrogens is 495 g/mol. The van der Waals surface area contributed by atoms with Gasteiger partial charge in [-0.05, 0) is 56.2 Å². The summed E-state index contributed by atoms with van der Waals surface area (Å²) in [4.78, 5) is 5.61. The molecule has 2 atom stereocenters. The normalized spacial score (nSPS) is 20.0. The van der Waals surface area contributed by atoms with Crippen LogP contribution in [0.3, 0.4) is 0 Å². The predicted molar refractivity (Wildman–Crippen MR) is 152 cm³/mol. The molecule has 1 aliphatic carbocycles. The van der Waals surface area contributed by atoms with Gasteiger partial charge in [0.05, 0.1) is 25.5 Å². The van der Waals surface area contributed by atoms with Crippen LogP contribution in [0.4, 0.5) is 21.6 Å². The fraction of sp³-hybridized carbons (Fsp3) is 0.467. The quantitative estimate of drug-likeness (QED) is 0.358. The Kier molecular flexibility index (Phi) is 8.34. The lowest BCUT2D eigenvalue weighted by Gasteiger charge is -2.33. The molecule has 3 aromatic rings. The van der Waals surface area contributed by atoms with Crippen LogP contribution in [0.2, 0.25) is 0 Å². The number of methoxy groups -OCH3 is 2. The van der Waals surface area contributed by atoms with E-state index in [-0.39, 0.29) is 11.7 Å². The van der Waals surface area contributed by atoms with E-state index in [4.69, 9.17) is 26.9 Å². The number of halogens is 1. The van der Waals surface area contributed by atoms with Gasteiger partial charge in [-0.3, -0.25) is 0 Å². The van der Waals surface area contributed by atoms with Crippen LogP contribution in [0.5, 0.6) is 5.75 Å². The minimum atomic E-state index is -0.553. The van der Waals surface area contributed by atoms with E-state index in [9.17, 15) is 4.39 Å². The fourth-order valence-corrected chi connectivity index (χ4v) is 5.77. The summed E-state index contributed by atoms with van der Waals surface area (Å²) in [6.45, 7) is 9.82. The SMILES string of the molecule is [C-]#[N+]c1ccc(-c2cc(NC[C@H]3CCC[C@H](N)C3)nn2-c2ccc(N3CCC(OC)CC3)cc2OC)cc1F. The number of piperidine rings is 1. The third-order valence-electron chi connectivity index (χ3n) is 8.00. The maximum absolute atomic E-state index is 14.7. The van der Waals surface area contributed by atoms with Crippen molar-refractivity contribution in [2.75, 3.05) is 44.1 Å². The van der Waals surface area contributed by atoms with Crippen LogP contribution < -0.4 is 20.7 Å². The van der Waals surface area contributed by atoms with E-state index in [0.717, 1.165) is 69.5 Å². The molecule has 2 fully saturated rings. The van der Waals surface area contributed by atoms with Gasteiger partial charge in [-0.1, -0.05) is 18.6 Å². The summed E-state index contributed by atoms with van der Waals surface area (Å²) in [6, 6.07) is 13.0. The molecule has 2 heterocycles. The fourth-order valence-electron chi connectivity index (χ4n) is 5.77. The molecule has 206 valence electrons. The van der Waals surface area contributed by atoms with Crippen molar-refractivity contribution in [3.05, 3.63) is 59.7 Å². The molecular formula is C30H37FN6O2. The van der Waals surface area contributed by atoms with Gasteiger partial charge in [-0.2, -0.15) is 0 Å². The Hall–Kier alpha value is -3.61. The predicted octanol–water partition coefficient (Wildman–Crippen LogP) is 5.78. The first-order valence-electron chi connectivity index (χ1n) is 13.7. The Morgan fingerprint density at radius 1 is 1.10 bits per heavy atom. The molecule has 1 aliphatic heterocycles.